The monoisotopic (exact) mass is 401 g/mol. The third-order valence-corrected chi connectivity index (χ3v) is 4.71. The summed E-state index contributed by atoms with van der Waals surface area (Å²) in [4.78, 5) is 15.8. The highest BCUT2D eigenvalue weighted by molar-refractivity contribution is 5.78. The zero-order valence-electron chi connectivity index (χ0n) is 15.3. The zero-order chi connectivity index (χ0) is 20.4. The molecule has 0 saturated carbocycles. The lowest BCUT2D eigenvalue weighted by Crippen LogP contribution is -2.29. The number of hydrogen-bond acceptors (Lipinski definition) is 3. The number of nitrogens with one attached hydrogen (secondary N) is 1. The predicted octanol–water partition coefficient (Wildman–Crippen LogP) is 4.64. The minimum Gasteiger partial charge on any atom is -0.457 e. The number of nitrogens with zero attached hydrogens (tertiary/aromatic N) is 2. The fourth-order valence-electron chi connectivity index (χ4n) is 3.34. The normalized spacial score (nSPS) is 16.7. The van der Waals surface area contributed by atoms with Crippen LogP contribution >= 0.6 is 0 Å². The number of halogens is 3. The van der Waals surface area contributed by atoms with E-state index in [9.17, 15) is 18.0 Å². The highest BCUT2D eigenvalue weighted by atomic mass is 19.4. The molecule has 8 heteroatoms. The van der Waals surface area contributed by atoms with Crippen LogP contribution in [0.5, 0.6) is 11.5 Å². The van der Waals surface area contributed by atoms with Crippen molar-refractivity contribution in [2.24, 2.45) is 0 Å². The van der Waals surface area contributed by atoms with Crippen molar-refractivity contribution in [3.05, 3.63) is 66.5 Å². The van der Waals surface area contributed by atoms with Crippen molar-refractivity contribution in [2.75, 3.05) is 0 Å². The summed E-state index contributed by atoms with van der Waals surface area (Å²) >= 11 is 0. The predicted molar refractivity (Wildman–Crippen MR) is 100 cm³/mol. The first-order valence-corrected chi connectivity index (χ1v) is 9.14. The number of hydrogen-bond donors (Lipinski definition) is 1. The Balaban J connectivity index is 1.54. The van der Waals surface area contributed by atoms with E-state index in [4.69, 9.17) is 4.74 Å². The molecule has 0 spiro atoms. The van der Waals surface area contributed by atoms with Gasteiger partial charge in [0.25, 0.3) is 0 Å². The molecule has 1 aliphatic rings. The zero-order valence-corrected chi connectivity index (χ0v) is 15.3. The molecule has 1 amide bonds. The van der Waals surface area contributed by atoms with Crippen molar-refractivity contribution in [2.45, 2.75) is 31.6 Å². The SMILES string of the molecule is O=C1CCC(Cn2ccnc2-c2cccc(Oc3cccc(C(F)(F)F)c3)c2)N1. The number of alkyl halides is 3. The first-order chi connectivity index (χ1) is 13.9. The average Bonchev–Trinajstić information content (AvgIpc) is 3.31. The second-order valence-electron chi connectivity index (χ2n) is 6.86. The van der Waals surface area contributed by atoms with E-state index in [0.717, 1.165) is 24.1 Å². The van der Waals surface area contributed by atoms with Crippen LogP contribution < -0.4 is 10.1 Å². The lowest BCUT2D eigenvalue weighted by Gasteiger charge is -2.14. The molecule has 2 heterocycles. The van der Waals surface area contributed by atoms with Crippen molar-refractivity contribution in [3.8, 4) is 22.9 Å². The van der Waals surface area contributed by atoms with Gasteiger partial charge in [0.2, 0.25) is 5.91 Å². The standard InChI is InChI=1S/C21H18F3N3O2/c22-21(23,24)15-4-2-6-18(12-15)29-17-5-1-3-14(11-17)20-25-9-10-27(20)13-16-7-8-19(28)26-16/h1-6,9-12,16H,7-8,13H2,(H,26,28). The Morgan fingerprint density at radius 3 is 2.62 bits per heavy atom. The quantitative estimate of drug-likeness (QED) is 0.678. The van der Waals surface area contributed by atoms with Gasteiger partial charge in [-0.3, -0.25) is 4.79 Å². The van der Waals surface area contributed by atoms with E-state index in [0.29, 0.717) is 24.5 Å². The van der Waals surface area contributed by atoms with Crippen LogP contribution in [0.2, 0.25) is 0 Å². The Morgan fingerprint density at radius 2 is 1.90 bits per heavy atom. The van der Waals surface area contributed by atoms with Gasteiger partial charge < -0.3 is 14.6 Å². The number of benzene rings is 2. The fraction of sp³-hybridized carbons (Fsp3) is 0.238. The van der Waals surface area contributed by atoms with Gasteiger partial charge in [0.1, 0.15) is 17.3 Å². The molecule has 0 aliphatic carbocycles. The van der Waals surface area contributed by atoms with Gasteiger partial charge in [-0.05, 0) is 36.8 Å². The molecule has 150 valence electrons. The van der Waals surface area contributed by atoms with Crippen molar-refractivity contribution >= 4 is 5.91 Å². The number of aromatic nitrogens is 2. The van der Waals surface area contributed by atoms with Crippen LogP contribution in [0.4, 0.5) is 13.2 Å². The molecule has 1 N–H and O–H groups in total. The van der Waals surface area contributed by atoms with E-state index in [1.807, 2.05) is 16.8 Å². The lowest BCUT2D eigenvalue weighted by molar-refractivity contribution is -0.137. The number of imidazole rings is 1. The summed E-state index contributed by atoms with van der Waals surface area (Å²) < 4.78 is 46.3. The van der Waals surface area contributed by atoms with E-state index in [-0.39, 0.29) is 17.7 Å². The maximum absolute atomic E-state index is 12.9. The first kappa shape index (κ1) is 19.0. The van der Waals surface area contributed by atoms with Crippen LogP contribution in [-0.4, -0.2) is 21.5 Å². The highest BCUT2D eigenvalue weighted by Gasteiger charge is 2.30. The molecular formula is C21H18F3N3O2. The molecule has 29 heavy (non-hydrogen) atoms. The molecule has 4 rings (SSSR count). The van der Waals surface area contributed by atoms with E-state index >= 15 is 0 Å². The third-order valence-electron chi connectivity index (χ3n) is 4.71. The molecule has 1 aromatic heterocycles. The molecule has 1 atom stereocenters. The van der Waals surface area contributed by atoms with Crippen molar-refractivity contribution < 1.29 is 22.7 Å². The topological polar surface area (TPSA) is 56.2 Å². The molecule has 1 saturated heterocycles. The molecule has 5 nitrogen and oxygen atoms in total. The van der Waals surface area contributed by atoms with Crippen molar-refractivity contribution in [1.82, 2.24) is 14.9 Å². The molecule has 0 radical (unpaired) electrons. The number of amides is 1. The smallest absolute Gasteiger partial charge is 0.416 e. The van der Waals surface area contributed by atoms with Gasteiger partial charge in [0.05, 0.1) is 5.56 Å². The fourth-order valence-corrected chi connectivity index (χ4v) is 3.34. The maximum Gasteiger partial charge on any atom is 0.416 e. The largest absolute Gasteiger partial charge is 0.457 e. The second kappa shape index (κ2) is 7.62. The summed E-state index contributed by atoms with van der Waals surface area (Å²) in [5, 5.41) is 2.93. The first-order valence-electron chi connectivity index (χ1n) is 9.14. The molecule has 1 fully saturated rings. The molecule has 1 aliphatic heterocycles. The number of rotatable bonds is 5. The van der Waals surface area contributed by atoms with Gasteiger partial charge in [0, 0.05) is 37.0 Å². The summed E-state index contributed by atoms with van der Waals surface area (Å²) in [6.45, 7) is 0.597. The average molecular weight is 401 g/mol. The number of ether oxygens (including phenoxy) is 1. The van der Waals surface area contributed by atoms with Gasteiger partial charge in [-0.15, -0.1) is 0 Å². The van der Waals surface area contributed by atoms with Crippen LogP contribution in [0, 0.1) is 0 Å². The summed E-state index contributed by atoms with van der Waals surface area (Å²) in [6.07, 6.45) is 0.373. The Kier molecular flexibility index (Phi) is 5.00. The molecule has 3 aromatic rings. The van der Waals surface area contributed by atoms with Crippen LogP contribution in [0.1, 0.15) is 18.4 Å². The highest BCUT2D eigenvalue weighted by Crippen LogP contribution is 2.33. The van der Waals surface area contributed by atoms with Crippen LogP contribution in [0.3, 0.4) is 0 Å². The summed E-state index contributed by atoms with van der Waals surface area (Å²) in [7, 11) is 0. The lowest BCUT2D eigenvalue weighted by atomic mass is 10.2. The van der Waals surface area contributed by atoms with Crippen LogP contribution in [0.15, 0.2) is 60.9 Å². The van der Waals surface area contributed by atoms with Crippen molar-refractivity contribution in [1.29, 1.82) is 0 Å². The Bertz CT molecular complexity index is 1030. The Labute approximate surface area is 165 Å². The molecule has 0 bridgehead atoms. The number of carbonyl (C=O) groups is 1. The van der Waals surface area contributed by atoms with Crippen molar-refractivity contribution in [3.63, 3.8) is 0 Å². The molecular weight excluding hydrogens is 383 g/mol. The minimum absolute atomic E-state index is 0.0492. The van der Waals surface area contributed by atoms with E-state index in [2.05, 4.69) is 10.3 Å². The van der Waals surface area contributed by atoms with Gasteiger partial charge in [-0.2, -0.15) is 13.2 Å². The van der Waals surface area contributed by atoms with E-state index in [1.54, 1.807) is 24.4 Å². The summed E-state index contributed by atoms with van der Waals surface area (Å²) in [5.41, 5.74) is 0.00380. The second-order valence-corrected chi connectivity index (χ2v) is 6.86. The Morgan fingerprint density at radius 1 is 1.14 bits per heavy atom. The molecule has 1 unspecified atom stereocenters. The van der Waals surface area contributed by atoms with Crippen LogP contribution in [0.25, 0.3) is 11.4 Å². The van der Waals surface area contributed by atoms with E-state index in [1.165, 1.54) is 12.1 Å². The van der Waals surface area contributed by atoms with Gasteiger partial charge in [0.15, 0.2) is 0 Å². The van der Waals surface area contributed by atoms with Gasteiger partial charge in [-0.1, -0.05) is 18.2 Å². The minimum atomic E-state index is -4.43. The molecule has 2 aromatic carbocycles. The van der Waals surface area contributed by atoms with Crippen LogP contribution in [-0.2, 0) is 17.5 Å². The summed E-state index contributed by atoms with van der Waals surface area (Å²) in [5.74, 6) is 1.26. The number of carbonyl (C=O) groups excluding carboxylic acids is 1. The Hall–Kier alpha value is -3.29. The van der Waals surface area contributed by atoms with E-state index < -0.39 is 11.7 Å². The van der Waals surface area contributed by atoms with Gasteiger partial charge >= 0.3 is 6.18 Å². The third kappa shape index (κ3) is 4.42. The maximum atomic E-state index is 12.9. The summed E-state index contributed by atoms with van der Waals surface area (Å²) in [6, 6.07) is 11.8. The van der Waals surface area contributed by atoms with Gasteiger partial charge in [-0.25, -0.2) is 4.98 Å².